The normalized spacial score (nSPS) is 17.3. The zero-order chi connectivity index (χ0) is 27.3. The van der Waals surface area contributed by atoms with Crippen molar-refractivity contribution in [3.8, 4) is 22.9 Å². The fourth-order valence-electron chi connectivity index (χ4n) is 6.20. The fraction of sp³-hybridized carbons (Fsp3) is 0.333. The molecule has 0 atom stereocenters. The molecule has 6 rings (SSSR count). The summed E-state index contributed by atoms with van der Waals surface area (Å²) in [5.41, 5.74) is 6.87. The monoisotopic (exact) mass is 541 g/mol. The molecule has 1 aromatic carbocycles. The SMILES string of the molecule is C=CC(=O)N1CC2(CCN(c3nc4c(c(-c5cccc(OC)c5F)c3C#N)CCC(c3scnc3C)=C4)C2)C1. The average molecular weight is 542 g/mol. The highest BCUT2D eigenvalue weighted by molar-refractivity contribution is 7.11. The van der Waals surface area contributed by atoms with E-state index in [2.05, 4.69) is 28.6 Å². The third-order valence-electron chi connectivity index (χ3n) is 8.14. The number of likely N-dealkylation sites (tertiary alicyclic amines) is 1. The number of nitrogens with zero attached hydrogens (tertiary/aromatic N) is 5. The van der Waals surface area contributed by atoms with E-state index in [9.17, 15) is 10.1 Å². The summed E-state index contributed by atoms with van der Waals surface area (Å²) in [6, 6.07) is 7.43. The van der Waals surface area contributed by atoms with Gasteiger partial charge < -0.3 is 14.5 Å². The highest BCUT2D eigenvalue weighted by Gasteiger charge is 2.49. The summed E-state index contributed by atoms with van der Waals surface area (Å²) >= 11 is 1.60. The molecule has 3 aliphatic rings. The van der Waals surface area contributed by atoms with Gasteiger partial charge in [-0.25, -0.2) is 14.4 Å². The highest BCUT2D eigenvalue weighted by atomic mass is 32.1. The number of pyridine rings is 1. The molecule has 39 heavy (non-hydrogen) atoms. The molecule has 2 saturated heterocycles. The third-order valence-corrected chi connectivity index (χ3v) is 9.15. The Morgan fingerprint density at radius 1 is 1.31 bits per heavy atom. The van der Waals surface area contributed by atoms with E-state index in [0.717, 1.165) is 40.2 Å². The maximum atomic E-state index is 15.7. The van der Waals surface area contributed by atoms with Crippen LogP contribution in [0.2, 0.25) is 0 Å². The minimum atomic E-state index is -0.487. The maximum Gasteiger partial charge on any atom is 0.245 e. The topological polar surface area (TPSA) is 82.4 Å². The van der Waals surface area contributed by atoms with Crippen LogP contribution in [0.25, 0.3) is 22.8 Å². The van der Waals surface area contributed by atoms with Crippen molar-refractivity contribution in [1.82, 2.24) is 14.9 Å². The molecule has 1 amide bonds. The first-order valence-electron chi connectivity index (χ1n) is 12.9. The predicted molar refractivity (Wildman–Crippen MR) is 150 cm³/mol. The molecule has 2 fully saturated rings. The van der Waals surface area contributed by atoms with Gasteiger partial charge in [0.1, 0.15) is 17.5 Å². The van der Waals surface area contributed by atoms with Gasteiger partial charge in [0.15, 0.2) is 11.6 Å². The van der Waals surface area contributed by atoms with Crippen molar-refractivity contribution in [2.24, 2.45) is 5.41 Å². The summed E-state index contributed by atoms with van der Waals surface area (Å²) in [5.74, 6) is 0.157. The lowest BCUT2D eigenvalue weighted by Crippen LogP contribution is -2.59. The van der Waals surface area contributed by atoms with Crippen LogP contribution in [0.3, 0.4) is 0 Å². The Bertz CT molecular complexity index is 1580. The lowest BCUT2D eigenvalue weighted by molar-refractivity contribution is -0.136. The molecule has 1 aliphatic carbocycles. The molecule has 0 bridgehead atoms. The molecule has 4 heterocycles. The number of nitriles is 1. The molecule has 2 aromatic heterocycles. The predicted octanol–water partition coefficient (Wildman–Crippen LogP) is 5.24. The lowest BCUT2D eigenvalue weighted by Gasteiger charge is -2.47. The number of aromatic nitrogens is 2. The first kappa shape index (κ1) is 25.3. The Hall–Kier alpha value is -4.03. The minimum absolute atomic E-state index is 0.0366. The minimum Gasteiger partial charge on any atom is -0.494 e. The molecule has 198 valence electrons. The van der Waals surface area contributed by atoms with Crippen molar-refractivity contribution in [3.63, 3.8) is 0 Å². The van der Waals surface area contributed by atoms with Crippen LogP contribution in [-0.4, -0.2) is 54.1 Å². The number of halogens is 1. The van der Waals surface area contributed by atoms with Crippen LogP contribution in [0.15, 0.2) is 36.4 Å². The van der Waals surface area contributed by atoms with Crippen LogP contribution in [0.5, 0.6) is 5.75 Å². The number of ether oxygens (including phenoxy) is 1. The van der Waals surface area contributed by atoms with E-state index in [1.807, 2.05) is 12.4 Å². The van der Waals surface area contributed by atoms with Crippen LogP contribution in [0, 0.1) is 29.5 Å². The quantitative estimate of drug-likeness (QED) is 0.411. The number of methoxy groups -OCH3 is 1. The fourth-order valence-corrected chi connectivity index (χ4v) is 7.05. The molecular formula is C30H28FN5O2S. The van der Waals surface area contributed by atoms with Gasteiger partial charge in [-0.3, -0.25) is 4.79 Å². The summed E-state index contributed by atoms with van der Waals surface area (Å²) in [4.78, 5) is 26.6. The molecule has 0 radical (unpaired) electrons. The number of carbonyl (C=O) groups is 1. The summed E-state index contributed by atoms with van der Waals surface area (Å²) in [5, 5.41) is 10.5. The first-order chi connectivity index (χ1) is 18.9. The van der Waals surface area contributed by atoms with E-state index in [-0.39, 0.29) is 17.1 Å². The van der Waals surface area contributed by atoms with Crippen molar-refractivity contribution in [2.45, 2.75) is 26.2 Å². The van der Waals surface area contributed by atoms with E-state index in [4.69, 9.17) is 9.72 Å². The number of rotatable bonds is 5. The number of hydrogen-bond acceptors (Lipinski definition) is 7. The molecule has 0 N–H and O–H groups in total. The molecule has 1 spiro atoms. The van der Waals surface area contributed by atoms with Crippen LogP contribution in [0.1, 0.15) is 40.2 Å². The van der Waals surface area contributed by atoms with Crippen molar-refractivity contribution >= 4 is 34.7 Å². The van der Waals surface area contributed by atoms with Gasteiger partial charge in [-0.2, -0.15) is 5.26 Å². The van der Waals surface area contributed by atoms with Gasteiger partial charge in [-0.1, -0.05) is 18.7 Å². The van der Waals surface area contributed by atoms with Crippen molar-refractivity contribution < 1.29 is 13.9 Å². The van der Waals surface area contributed by atoms with Gasteiger partial charge in [-0.15, -0.1) is 11.3 Å². The van der Waals surface area contributed by atoms with Gasteiger partial charge in [0.25, 0.3) is 0 Å². The number of amides is 1. The van der Waals surface area contributed by atoms with Crippen molar-refractivity contribution in [3.05, 3.63) is 69.6 Å². The molecule has 3 aromatic rings. The number of anilines is 1. The van der Waals surface area contributed by atoms with Gasteiger partial charge in [0.2, 0.25) is 5.91 Å². The van der Waals surface area contributed by atoms with Crippen LogP contribution in [0.4, 0.5) is 10.2 Å². The zero-order valence-electron chi connectivity index (χ0n) is 22.0. The number of benzene rings is 1. The van der Waals surface area contributed by atoms with Gasteiger partial charge in [-0.05, 0) is 55.5 Å². The van der Waals surface area contributed by atoms with E-state index in [1.54, 1.807) is 34.4 Å². The Morgan fingerprint density at radius 2 is 2.13 bits per heavy atom. The van der Waals surface area contributed by atoms with Gasteiger partial charge in [0.05, 0.1) is 28.9 Å². The summed E-state index contributed by atoms with van der Waals surface area (Å²) in [7, 11) is 1.44. The van der Waals surface area contributed by atoms with Crippen LogP contribution in [-0.2, 0) is 11.2 Å². The molecule has 0 unspecified atom stereocenters. The van der Waals surface area contributed by atoms with E-state index in [1.165, 1.54) is 13.2 Å². The third kappa shape index (κ3) is 4.10. The Labute approximate surface area is 230 Å². The van der Waals surface area contributed by atoms with E-state index >= 15 is 4.39 Å². The number of thiazole rings is 1. The van der Waals surface area contributed by atoms with Crippen molar-refractivity contribution in [1.29, 1.82) is 5.26 Å². The Kier molecular flexibility index (Phi) is 6.23. The first-order valence-corrected chi connectivity index (χ1v) is 13.8. The largest absolute Gasteiger partial charge is 0.494 e. The maximum absolute atomic E-state index is 15.7. The van der Waals surface area contributed by atoms with Crippen LogP contribution >= 0.6 is 11.3 Å². The second kappa shape index (κ2) is 9.62. The highest BCUT2D eigenvalue weighted by Crippen LogP contribution is 2.46. The molecule has 9 heteroatoms. The van der Waals surface area contributed by atoms with Gasteiger partial charge >= 0.3 is 0 Å². The van der Waals surface area contributed by atoms with E-state index in [0.29, 0.717) is 55.1 Å². The number of carbonyl (C=O) groups excluding carboxylic acids is 1. The van der Waals surface area contributed by atoms with Gasteiger partial charge in [0, 0.05) is 42.7 Å². The molecule has 2 aliphatic heterocycles. The second-order valence-electron chi connectivity index (χ2n) is 10.5. The van der Waals surface area contributed by atoms with E-state index < -0.39 is 5.82 Å². The number of hydrogen-bond donors (Lipinski definition) is 0. The number of fused-ring (bicyclic) bond motifs is 1. The number of aryl methyl sites for hydroxylation is 1. The standard InChI is InChI=1S/C30H28FN5O2S/c1-4-25(37)36-15-30(16-36)10-11-35(14-30)29-22(13-32)26(21-6-5-7-24(38-3)27(21)31)20-9-8-19(12-23(20)34-29)28-18(2)33-17-39-28/h4-7,12,17H,1,8-11,14-16H2,2-3H3. The lowest BCUT2D eigenvalue weighted by atomic mass is 9.79. The zero-order valence-corrected chi connectivity index (χ0v) is 22.8. The summed E-state index contributed by atoms with van der Waals surface area (Å²) < 4.78 is 21.0. The van der Waals surface area contributed by atoms with Crippen molar-refractivity contribution in [2.75, 3.05) is 38.2 Å². The second-order valence-corrected chi connectivity index (χ2v) is 11.3. The Balaban J connectivity index is 1.49. The van der Waals surface area contributed by atoms with Crippen LogP contribution < -0.4 is 9.64 Å². The molecule has 7 nitrogen and oxygen atoms in total. The Morgan fingerprint density at radius 3 is 2.82 bits per heavy atom. The molecular weight excluding hydrogens is 513 g/mol. The smallest absolute Gasteiger partial charge is 0.245 e. The number of allylic oxidation sites excluding steroid dienone is 1. The summed E-state index contributed by atoms with van der Waals surface area (Å²) in [6.07, 6.45) is 5.70. The molecule has 0 saturated carbocycles. The summed E-state index contributed by atoms with van der Waals surface area (Å²) in [6.45, 7) is 8.31. The average Bonchev–Trinajstić information content (AvgIpc) is 3.57.